The molecule has 1 aliphatic heterocycles. The maximum atomic E-state index is 13.8. The van der Waals surface area contributed by atoms with E-state index in [0.717, 1.165) is 37.3 Å². The summed E-state index contributed by atoms with van der Waals surface area (Å²) in [5, 5.41) is 0. The largest absolute Gasteiger partial charge is 0.488 e. The number of ether oxygens (including phenoxy) is 1. The van der Waals surface area contributed by atoms with Crippen LogP contribution in [-0.2, 0) is 6.54 Å². The van der Waals surface area contributed by atoms with Crippen molar-refractivity contribution in [1.82, 2.24) is 14.9 Å². The predicted molar refractivity (Wildman–Crippen MR) is 98.2 cm³/mol. The fourth-order valence-electron chi connectivity index (χ4n) is 3.31. The summed E-state index contributed by atoms with van der Waals surface area (Å²) in [4.78, 5) is 10.6. The summed E-state index contributed by atoms with van der Waals surface area (Å²) in [6, 6.07) is 16.8. The topological polar surface area (TPSA) is 38.3 Å². The second kappa shape index (κ2) is 7.62. The van der Waals surface area contributed by atoms with Crippen molar-refractivity contribution < 1.29 is 9.13 Å². The Balaban J connectivity index is 1.47. The standard InChI is InChI=1S/C21H20FN3O/c22-17-6-7-19(20-8-10-23-15-24-20)21(12-17)26-18-9-11-25(14-18)13-16-4-2-1-3-5-16/h1-8,10,12,15,18H,9,11,13-14H2. The van der Waals surface area contributed by atoms with Gasteiger partial charge in [-0.3, -0.25) is 4.90 Å². The van der Waals surface area contributed by atoms with Gasteiger partial charge >= 0.3 is 0 Å². The minimum absolute atomic E-state index is 0.0427. The summed E-state index contributed by atoms with van der Waals surface area (Å²) in [7, 11) is 0. The van der Waals surface area contributed by atoms with Crippen molar-refractivity contribution in [3.05, 3.63) is 78.5 Å². The van der Waals surface area contributed by atoms with Crippen molar-refractivity contribution in [2.45, 2.75) is 19.1 Å². The lowest BCUT2D eigenvalue weighted by Crippen LogP contribution is -2.24. The maximum absolute atomic E-state index is 13.8. The van der Waals surface area contributed by atoms with Gasteiger partial charge in [0, 0.05) is 37.5 Å². The highest BCUT2D eigenvalue weighted by Crippen LogP contribution is 2.31. The summed E-state index contributed by atoms with van der Waals surface area (Å²) >= 11 is 0. The SMILES string of the molecule is Fc1ccc(-c2ccncn2)c(OC2CCN(Cc3ccccc3)C2)c1. The fraction of sp³-hybridized carbons (Fsp3) is 0.238. The summed E-state index contributed by atoms with van der Waals surface area (Å²) in [5.41, 5.74) is 2.81. The minimum atomic E-state index is -0.308. The normalized spacial score (nSPS) is 17.3. The van der Waals surface area contributed by atoms with Gasteiger partial charge in [0.2, 0.25) is 0 Å². The molecule has 132 valence electrons. The molecule has 1 saturated heterocycles. The van der Waals surface area contributed by atoms with Crippen molar-refractivity contribution in [2.24, 2.45) is 0 Å². The molecule has 1 atom stereocenters. The van der Waals surface area contributed by atoms with Crippen LogP contribution in [0, 0.1) is 5.82 Å². The van der Waals surface area contributed by atoms with Crippen LogP contribution in [0.5, 0.6) is 5.75 Å². The molecular weight excluding hydrogens is 329 g/mol. The molecule has 2 aromatic carbocycles. The average Bonchev–Trinajstić information content (AvgIpc) is 3.10. The van der Waals surface area contributed by atoms with Crippen molar-refractivity contribution in [2.75, 3.05) is 13.1 Å². The van der Waals surface area contributed by atoms with E-state index in [9.17, 15) is 4.39 Å². The molecule has 0 spiro atoms. The molecule has 1 aromatic heterocycles. The van der Waals surface area contributed by atoms with E-state index in [1.54, 1.807) is 18.3 Å². The smallest absolute Gasteiger partial charge is 0.132 e. The molecule has 2 heterocycles. The van der Waals surface area contributed by atoms with Crippen molar-refractivity contribution in [3.63, 3.8) is 0 Å². The average molecular weight is 349 g/mol. The summed E-state index contributed by atoms with van der Waals surface area (Å²) < 4.78 is 19.9. The lowest BCUT2D eigenvalue weighted by molar-refractivity contribution is 0.198. The Kier molecular flexibility index (Phi) is 4.88. The first-order valence-corrected chi connectivity index (χ1v) is 8.77. The molecule has 26 heavy (non-hydrogen) atoms. The molecule has 0 bridgehead atoms. The number of nitrogens with zero attached hydrogens (tertiary/aromatic N) is 3. The second-order valence-electron chi connectivity index (χ2n) is 6.48. The number of rotatable bonds is 5. The molecule has 0 N–H and O–H groups in total. The van der Waals surface area contributed by atoms with Crippen molar-refractivity contribution in [3.8, 4) is 17.0 Å². The maximum Gasteiger partial charge on any atom is 0.132 e. The first-order chi connectivity index (χ1) is 12.8. The number of hydrogen-bond donors (Lipinski definition) is 0. The van der Waals surface area contributed by atoms with Gasteiger partial charge in [-0.05, 0) is 30.2 Å². The predicted octanol–water partition coefficient (Wildman–Crippen LogP) is 3.94. The molecular formula is C21H20FN3O. The molecule has 3 aromatic rings. The van der Waals surface area contributed by atoms with E-state index in [0.29, 0.717) is 5.75 Å². The van der Waals surface area contributed by atoms with Gasteiger partial charge in [-0.1, -0.05) is 30.3 Å². The molecule has 4 rings (SSSR count). The van der Waals surface area contributed by atoms with Crippen LogP contribution in [0.3, 0.4) is 0 Å². The van der Waals surface area contributed by atoms with Gasteiger partial charge in [0.25, 0.3) is 0 Å². The van der Waals surface area contributed by atoms with Gasteiger partial charge < -0.3 is 4.74 Å². The molecule has 1 fully saturated rings. The summed E-state index contributed by atoms with van der Waals surface area (Å²) in [6.07, 6.45) is 4.12. The monoisotopic (exact) mass is 349 g/mol. The molecule has 5 heteroatoms. The Hall–Kier alpha value is -2.79. The Labute approximate surface area is 152 Å². The van der Waals surface area contributed by atoms with Gasteiger partial charge in [0.15, 0.2) is 0 Å². The van der Waals surface area contributed by atoms with E-state index in [4.69, 9.17) is 4.74 Å². The van der Waals surface area contributed by atoms with E-state index in [2.05, 4.69) is 39.1 Å². The second-order valence-corrected chi connectivity index (χ2v) is 6.48. The number of aromatic nitrogens is 2. The molecule has 0 amide bonds. The number of likely N-dealkylation sites (tertiary alicyclic amines) is 1. The van der Waals surface area contributed by atoms with Crippen LogP contribution >= 0.6 is 0 Å². The Bertz CT molecular complexity index is 858. The minimum Gasteiger partial charge on any atom is -0.488 e. The Morgan fingerprint density at radius 2 is 2.00 bits per heavy atom. The third kappa shape index (κ3) is 3.89. The first-order valence-electron chi connectivity index (χ1n) is 8.77. The van der Waals surface area contributed by atoms with Gasteiger partial charge in [-0.15, -0.1) is 0 Å². The van der Waals surface area contributed by atoms with E-state index in [-0.39, 0.29) is 11.9 Å². The third-order valence-corrected chi connectivity index (χ3v) is 4.57. The quantitative estimate of drug-likeness (QED) is 0.699. The van der Waals surface area contributed by atoms with E-state index in [1.807, 2.05) is 6.07 Å². The highest BCUT2D eigenvalue weighted by Gasteiger charge is 2.25. The molecule has 4 nitrogen and oxygen atoms in total. The first kappa shape index (κ1) is 16.7. The van der Waals surface area contributed by atoms with Crippen LogP contribution in [0.25, 0.3) is 11.3 Å². The highest BCUT2D eigenvalue weighted by molar-refractivity contribution is 5.66. The zero-order chi connectivity index (χ0) is 17.8. The van der Waals surface area contributed by atoms with Crippen molar-refractivity contribution >= 4 is 0 Å². The Morgan fingerprint density at radius 3 is 2.81 bits per heavy atom. The lowest BCUT2D eigenvalue weighted by Gasteiger charge is -2.18. The number of halogens is 1. The van der Waals surface area contributed by atoms with Crippen LogP contribution in [0.1, 0.15) is 12.0 Å². The van der Waals surface area contributed by atoms with Gasteiger partial charge in [-0.25, -0.2) is 14.4 Å². The third-order valence-electron chi connectivity index (χ3n) is 4.57. The van der Waals surface area contributed by atoms with E-state index >= 15 is 0 Å². The lowest BCUT2D eigenvalue weighted by atomic mass is 10.1. The van der Waals surface area contributed by atoms with E-state index < -0.39 is 0 Å². The molecule has 0 aliphatic carbocycles. The molecule has 0 saturated carbocycles. The molecule has 1 aliphatic rings. The van der Waals surface area contributed by atoms with Crippen LogP contribution in [-0.4, -0.2) is 34.1 Å². The zero-order valence-electron chi connectivity index (χ0n) is 14.4. The van der Waals surface area contributed by atoms with Crippen molar-refractivity contribution in [1.29, 1.82) is 0 Å². The number of benzene rings is 2. The highest BCUT2D eigenvalue weighted by atomic mass is 19.1. The van der Waals surface area contributed by atoms with Gasteiger partial charge in [0.05, 0.1) is 5.69 Å². The fourth-order valence-corrected chi connectivity index (χ4v) is 3.31. The number of hydrogen-bond acceptors (Lipinski definition) is 4. The van der Waals surface area contributed by atoms with E-state index in [1.165, 1.54) is 24.0 Å². The van der Waals surface area contributed by atoms with Crippen LogP contribution in [0.2, 0.25) is 0 Å². The Morgan fingerprint density at radius 1 is 1.12 bits per heavy atom. The van der Waals surface area contributed by atoms with Crippen LogP contribution < -0.4 is 4.74 Å². The summed E-state index contributed by atoms with van der Waals surface area (Å²) in [6.45, 7) is 2.70. The van der Waals surface area contributed by atoms with Crippen LogP contribution in [0.4, 0.5) is 4.39 Å². The van der Waals surface area contributed by atoms with Crippen LogP contribution in [0.15, 0.2) is 67.1 Å². The zero-order valence-corrected chi connectivity index (χ0v) is 14.4. The van der Waals surface area contributed by atoms with Gasteiger partial charge in [0.1, 0.15) is 24.0 Å². The molecule has 1 unspecified atom stereocenters. The van der Waals surface area contributed by atoms with Gasteiger partial charge in [-0.2, -0.15) is 0 Å². The summed E-state index contributed by atoms with van der Waals surface area (Å²) in [5.74, 6) is 0.229. The molecule has 0 radical (unpaired) electrons.